The number of carboxylic acids is 1. The average Bonchev–Trinajstić information content (AvgIpc) is 3.06. The molecule has 0 aliphatic carbocycles. The first-order chi connectivity index (χ1) is 10.0. The van der Waals surface area contributed by atoms with E-state index in [1.54, 1.807) is 0 Å². The van der Waals surface area contributed by atoms with E-state index in [1.807, 2.05) is 37.4 Å². The molecule has 0 aliphatic heterocycles. The summed E-state index contributed by atoms with van der Waals surface area (Å²) in [5, 5.41) is 15.6. The highest BCUT2D eigenvalue weighted by atomic mass is 32.1. The first-order valence-corrected chi connectivity index (χ1v) is 7.12. The Morgan fingerprint density at radius 1 is 1.29 bits per heavy atom. The van der Waals surface area contributed by atoms with Crippen LogP contribution in [-0.4, -0.2) is 30.8 Å². The van der Waals surface area contributed by atoms with Gasteiger partial charge >= 0.3 is 5.97 Å². The molecule has 3 aromatic heterocycles. The molecule has 106 valence electrons. The molecule has 3 rings (SSSR count). The summed E-state index contributed by atoms with van der Waals surface area (Å²) in [4.78, 5) is 20.8. The number of thiophene rings is 1. The van der Waals surface area contributed by atoms with Gasteiger partial charge < -0.3 is 5.11 Å². The van der Waals surface area contributed by atoms with E-state index >= 15 is 0 Å². The van der Waals surface area contributed by atoms with Crippen molar-refractivity contribution in [2.45, 2.75) is 13.8 Å². The Hall–Kier alpha value is -2.54. The fourth-order valence-corrected chi connectivity index (χ4v) is 2.76. The molecule has 0 aliphatic rings. The Morgan fingerprint density at radius 3 is 2.57 bits per heavy atom. The van der Waals surface area contributed by atoms with Crippen molar-refractivity contribution < 1.29 is 9.90 Å². The number of carboxylic acid groups (broad SMARTS) is 1. The largest absolute Gasteiger partial charge is 0.478 e. The van der Waals surface area contributed by atoms with E-state index in [4.69, 9.17) is 0 Å². The van der Waals surface area contributed by atoms with Gasteiger partial charge in [-0.25, -0.2) is 19.4 Å². The fraction of sp³-hybridized carbons (Fsp3) is 0.143. The van der Waals surface area contributed by atoms with Crippen molar-refractivity contribution in [1.82, 2.24) is 19.7 Å². The summed E-state index contributed by atoms with van der Waals surface area (Å²) >= 11 is 1.44. The van der Waals surface area contributed by atoms with Gasteiger partial charge in [0.15, 0.2) is 0 Å². The van der Waals surface area contributed by atoms with Crippen molar-refractivity contribution in [3.8, 4) is 16.5 Å². The van der Waals surface area contributed by atoms with Crippen molar-refractivity contribution in [3.05, 3.63) is 46.7 Å². The van der Waals surface area contributed by atoms with Crippen LogP contribution >= 0.6 is 11.3 Å². The van der Waals surface area contributed by atoms with E-state index in [0.29, 0.717) is 11.6 Å². The monoisotopic (exact) mass is 300 g/mol. The van der Waals surface area contributed by atoms with Crippen LogP contribution in [0.3, 0.4) is 0 Å². The zero-order chi connectivity index (χ0) is 15.0. The van der Waals surface area contributed by atoms with Gasteiger partial charge in [-0.3, -0.25) is 0 Å². The lowest BCUT2D eigenvalue weighted by atomic mass is 10.2. The van der Waals surface area contributed by atoms with E-state index < -0.39 is 5.97 Å². The first kappa shape index (κ1) is 13.4. The number of nitrogens with zero attached hydrogens (tertiary/aromatic N) is 4. The summed E-state index contributed by atoms with van der Waals surface area (Å²) in [5.41, 5.74) is 2.19. The lowest BCUT2D eigenvalue weighted by Gasteiger charge is -2.02. The number of rotatable bonds is 3. The van der Waals surface area contributed by atoms with E-state index in [2.05, 4.69) is 15.1 Å². The molecule has 0 saturated carbocycles. The van der Waals surface area contributed by atoms with Crippen LogP contribution in [-0.2, 0) is 0 Å². The quantitative estimate of drug-likeness (QED) is 0.804. The van der Waals surface area contributed by atoms with Crippen LogP contribution in [0.15, 0.2) is 29.8 Å². The fourth-order valence-electron chi connectivity index (χ4n) is 2.04. The Kier molecular flexibility index (Phi) is 3.26. The van der Waals surface area contributed by atoms with Crippen LogP contribution in [0.1, 0.15) is 21.7 Å². The molecule has 0 unspecified atom stereocenters. The van der Waals surface area contributed by atoms with Crippen LogP contribution < -0.4 is 0 Å². The number of aromatic carboxylic acids is 1. The summed E-state index contributed by atoms with van der Waals surface area (Å²) in [6.07, 6.45) is 1.45. The van der Waals surface area contributed by atoms with Crippen LogP contribution in [0.2, 0.25) is 0 Å². The molecule has 0 spiro atoms. The maximum atomic E-state index is 11.4. The maximum absolute atomic E-state index is 11.4. The third-order valence-corrected chi connectivity index (χ3v) is 3.75. The number of aryl methyl sites for hydroxylation is 2. The SMILES string of the molecule is Cc1cc(C)nc(-n2cc(C(=O)O)c(-c3cccs3)n2)n1. The Balaban J connectivity index is 2.17. The molecule has 3 aromatic rings. The molecule has 0 saturated heterocycles. The average molecular weight is 300 g/mol. The zero-order valence-electron chi connectivity index (χ0n) is 11.4. The van der Waals surface area contributed by atoms with Gasteiger partial charge in [0, 0.05) is 17.6 Å². The number of carbonyl (C=O) groups is 1. The molecule has 3 heterocycles. The third-order valence-electron chi connectivity index (χ3n) is 2.87. The standard InChI is InChI=1S/C14H12N4O2S/c1-8-6-9(2)16-14(15-8)18-7-10(13(19)20)12(17-18)11-4-3-5-21-11/h3-7H,1-2H3,(H,19,20). The highest BCUT2D eigenvalue weighted by Crippen LogP contribution is 2.27. The maximum Gasteiger partial charge on any atom is 0.339 e. The highest BCUT2D eigenvalue weighted by molar-refractivity contribution is 7.13. The van der Waals surface area contributed by atoms with Gasteiger partial charge in [-0.2, -0.15) is 5.10 Å². The predicted molar refractivity (Wildman–Crippen MR) is 78.9 cm³/mol. The second kappa shape index (κ2) is 5.10. The van der Waals surface area contributed by atoms with E-state index in [1.165, 1.54) is 22.2 Å². The number of hydrogen-bond acceptors (Lipinski definition) is 5. The van der Waals surface area contributed by atoms with Gasteiger partial charge in [0.25, 0.3) is 5.95 Å². The molecular formula is C14H12N4O2S. The first-order valence-electron chi connectivity index (χ1n) is 6.24. The van der Waals surface area contributed by atoms with Crippen LogP contribution in [0.4, 0.5) is 0 Å². The minimum absolute atomic E-state index is 0.139. The molecule has 1 N–H and O–H groups in total. The second-order valence-electron chi connectivity index (χ2n) is 4.57. The second-order valence-corrected chi connectivity index (χ2v) is 5.52. The van der Waals surface area contributed by atoms with Crippen molar-refractivity contribution in [2.75, 3.05) is 0 Å². The van der Waals surface area contributed by atoms with E-state index in [-0.39, 0.29) is 5.56 Å². The molecule has 0 amide bonds. The van der Waals surface area contributed by atoms with Crippen molar-refractivity contribution in [2.24, 2.45) is 0 Å². The highest BCUT2D eigenvalue weighted by Gasteiger charge is 2.19. The van der Waals surface area contributed by atoms with Crippen molar-refractivity contribution in [1.29, 1.82) is 0 Å². The molecule has 0 aromatic carbocycles. The lowest BCUT2D eigenvalue weighted by Crippen LogP contribution is -2.04. The molecule has 0 radical (unpaired) electrons. The lowest BCUT2D eigenvalue weighted by molar-refractivity contribution is 0.0697. The zero-order valence-corrected chi connectivity index (χ0v) is 12.3. The molecule has 0 atom stereocenters. The summed E-state index contributed by atoms with van der Waals surface area (Å²) in [6.45, 7) is 3.72. The summed E-state index contributed by atoms with van der Waals surface area (Å²) in [5.74, 6) is -0.646. The molecule has 0 fully saturated rings. The molecule has 21 heavy (non-hydrogen) atoms. The Bertz CT molecular complexity index is 788. The van der Waals surface area contributed by atoms with Crippen molar-refractivity contribution in [3.63, 3.8) is 0 Å². The summed E-state index contributed by atoms with van der Waals surface area (Å²) in [7, 11) is 0. The molecular weight excluding hydrogens is 288 g/mol. The van der Waals surface area contributed by atoms with Gasteiger partial charge in [-0.05, 0) is 31.4 Å². The summed E-state index contributed by atoms with van der Waals surface area (Å²) in [6, 6.07) is 5.55. The molecule has 6 nitrogen and oxygen atoms in total. The minimum atomic E-state index is -1.02. The van der Waals surface area contributed by atoms with Gasteiger partial charge in [0.1, 0.15) is 11.3 Å². The summed E-state index contributed by atoms with van der Waals surface area (Å²) < 4.78 is 1.42. The van der Waals surface area contributed by atoms with Gasteiger partial charge in [-0.1, -0.05) is 6.07 Å². The van der Waals surface area contributed by atoms with Crippen LogP contribution in [0.25, 0.3) is 16.5 Å². The van der Waals surface area contributed by atoms with Crippen LogP contribution in [0.5, 0.6) is 0 Å². The number of hydrogen-bond donors (Lipinski definition) is 1. The molecule has 0 bridgehead atoms. The minimum Gasteiger partial charge on any atom is -0.478 e. The van der Waals surface area contributed by atoms with Crippen LogP contribution in [0, 0.1) is 13.8 Å². The Morgan fingerprint density at radius 2 is 2.00 bits per heavy atom. The predicted octanol–water partition coefficient (Wildman–Crippen LogP) is 2.71. The molecule has 7 heteroatoms. The van der Waals surface area contributed by atoms with E-state index in [0.717, 1.165) is 16.3 Å². The van der Waals surface area contributed by atoms with Gasteiger partial charge in [0.05, 0.1) is 4.88 Å². The normalized spacial score (nSPS) is 10.8. The smallest absolute Gasteiger partial charge is 0.339 e. The topological polar surface area (TPSA) is 80.9 Å². The van der Waals surface area contributed by atoms with Gasteiger partial charge in [-0.15, -0.1) is 11.3 Å². The van der Waals surface area contributed by atoms with Crippen molar-refractivity contribution >= 4 is 17.3 Å². The van der Waals surface area contributed by atoms with Gasteiger partial charge in [0.2, 0.25) is 0 Å². The third kappa shape index (κ3) is 2.55. The Labute approximate surface area is 124 Å². The van der Waals surface area contributed by atoms with E-state index in [9.17, 15) is 9.90 Å². The number of aromatic nitrogens is 4.